The molecule has 3 aliphatic rings. The number of ether oxygens (including phenoxy) is 2. The van der Waals surface area contributed by atoms with Crippen LogP contribution in [0.3, 0.4) is 0 Å². The summed E-state index contributed by atoms with van der Waals surface area (Å²) in [6.07, 6.45) is 1.31. The van der Waals surface area contributed by atoms with Crippen molar-refractivity contribution in [2.24, 2.45) is 0 Å². The van der Waals surface area contributed by atoms with Crippen LogP contribution < -0.4 is 24.8 Å². The Bertz CT molecular complexity index is 2080. The second kappa shape index (κ2) is 14.0. The van der Waals surface area contributed by atoms with Crippen molar-refractivity contribution in [1.82, 2.24) is 24.8 Å². The first-order chi connectivity index (χ1) is 25.4. The summed E-state index contributed by atoms with van der Waals surface area (Å²) in [4.78, 5) is 39.2. The Morgan fingerprint density at radius 1 is 0.942 bits per heavy atom. The lowest BCUT2D eigenvalue weighted by atomic mass is 10.1. The van der Waals surface area contributed by atoms with Gasteiger partial charge in [0.25, 0.3) is 5.91 Å². The van der Waals surface area contributed by atoms with E-state index in [1.807, 2.05) is 67.7 Å². The van der Waals surface area contributed by atoms with Crippen molar-refractivity contribution in [2.45, 2.75) is 38.2 Å². The number of hydrogen-bond acceptors (Lipinski definition) is 9. The smallest absolute Gasteiger partial charge is 0.410 e. The molecule has 5 aromatic rings. The first-order valence-electron chi connectivity index (χ1n) is 17.6. The summed E-state index contributed by atoms with van der Waals surface area (Å²) in [5, 5.41) is 7.76. The third-order valence-corrected chi connectivity index (χ3v) is 10.1. The fourth-order valence-electron chi connectivity index (χ4n) is 7.04. The number of nitrogens with one attached hydrogen (secondary N) is 1. The maximum atomic E-state index is 13.7. The quantitative estimate of drug-likeness (QED) is 0.206. The molecule has 13 heteroatoms. The van der Waals surface area contributed by atoms with Gasteiger partial charge in [0, 0.05) is 75.7 Å². The van der Waals surface area contributed by atoms with Crippen molar-refractivity contribution in [3.8, 4) is 5.75 Å². The second-order valence-corrected chi connectivity index (χ2v) is 13.5. The monoisotopic (exact) mass is 704 g/mol. The Morgan fingerprint density at radius 3 is 2.42 bits per heavy atom. The zero-order chi connectivity index (χ0) is 35.8. The van der Waals surface area contributed by atoms with E-state index in [2.05, 4.69) is 43.2 Å². The number of anilines is 4. The van der Waals surface area contributed by atoms with E-state index in [0.29, 0.717) is 57.2 Å². The van der Waals surface area contributed by atoms with Crippen molar-refractivity contribution in [1.29, 1.82) is 0 Å². The standard InChI is InChI=1S/C39H41FN8O4/c1-44(24-26-11-13-28(51-2)14-12-26)34-22-36(43-48-35(23-41-37(34)48)38(49)42-31-21-30(31)40)47-16-15-29-32(9-6-10-33(29)47)45-17-19-46(20-18-45)39(50)52-25-27-7-4-3-5-8-27/h3-14,22-23,30-31H,15-21,24-25H2,1-2H3,(H,42,49)/t30-,31+/m0/s1. The maximum absolute atomic E-state index is 13.7. The first kappa shape index (κ1) is 33.3. The molecule has 2 fully saturated rings. The first-order valence-corrected chi connectivity index (χ1v) is 17.6. The Kier molecular flexibility index (Phi) is 9.00. The van der Waals surface area contributed by atoms with Crippen LogP contribution in [0.4, 0.5) is 32.1 Å². The highest BCUT2D eigenvalue weighted by atomic mass is 19.1. The largest absolute Gasteiger partial charge is 0.497 e. The van der Waals surface area contributed by atoms with Crippen molar-refractivity contribution >= 4 is 40.5 Å². The molecule has 0 unspecified atom stereocenters. The SMILES string of the molecule is COc1ccc(CN(C)c2cc(N3CCc4c(N5CCN(C(=O)OCc6ccccc6)CC5)cccc43)nn3c(C(=O)N[C@@H]4C[C@@H]4F)cnc23)cc1. The molecule has 0 spiro atoms. The van der Waals surface area contributed by atoms with Gasteiger partial charge in [-0.15, -0.1) is 5.10 Å². The minimum absolute atomic E-state index is 0.253. The number of imidazole rings is 1. The predicted molar refractivity (Wildman–Crippen MR) is 196 cm³/mol. The fourth-order valence-corrected chi connectivity index (χ4v) is 7.04. The number of alkyl halides is 1. The van der Waals surface area contributed by atoms with E-state index in [0.717, 1.165) is 40.4 Å². The summed E-state index contributed by atoms with van der Waals surface area (Å²) in [5.41, 5.74) is 7.02. The van der Waals surface area contributed by atoms with Gasteiger partial charge in [0.05, 0.1) is 25.0 Å². The van der Waals surface area contributed by atoms with Gasteiger partial charge < -0.3 is 34.4 Å². The molecule has 2 amide bonds. The van der Waals surface area contributed by atoms with Crippen LogP contribution in [0.25, 0.3) is 5.65 Å². The van der Waals surface area contributed by atoms with Gasteiger partial charge >= 0.3 is 6.09 Å². The number of carbonyl (C=O) groups is 2. The van der Waals surface area contributed by atoms with Crippen LogP contribution in [-0.2, 0) is 24.3 Å². The van der Waals surface area contributed by atoms with E-state index in [9.17, 15) is 14.0 Å². The zero-order valence-corrected chi connectivity index (χ0v) is 29.2. The second-order valence-electron chi connectivity index (χ2n) is 13.5. The molecular formula is C39H41FN8O4. The van der Waals surface area contributed by atoms with E-state index in [1.54, 1.807) is 16.5 Å². The number of methoxy groups -OCH3 is 1. The van der Waals surface area contributed by atoms with Crippen molar-refractivity contribution < 1.29 is 23.5 Å². The third-order valence-electron chi connectivity index (χ3n) is 10.1. The average molecular weight is 705 g/mol. The van der Waals surface area contributed by atoms with E-state index >= 15 is 0 Å². The lowest BCUT2D eigenvalue weighted by Gasteiger charge is -2.36. The molecule has 1 aliphatic carbocycles. The molecule has 2 atom stereocenters. The molecule has 8 rings (SSSR count). The van der Waals surface area contributed by atoms with Crippen LogP contribution in [0.5, 0.6) is 5.75 Å². The molecular weight excluding hydrogens is 663 g/mol. The summed E-state index contributed by atoms with van der Waals surface area (Å²) in [5.74, 6) is 1.05. The van der Waals surface area contributed by atoms with Crippen LogP contribution in [0, 0.1) is 0 Å². The number of benzene rings is 3. The molecule has 52 heavy (non-hydrogen) atoms. The summed E-state index contributed by atoms with van der Waals surface area (Å²) < 4.78 is 26.2. The van der Waals surface area contributed by atoms with Gasteiger partial charge in [0.15, 0.2) is 17.2 Å². The summed E-state index contributed by atoms with van der Waals surface area (Å²) >= 11 is 0. The molecule has 2 aliphatic heterocycles. The highest BCUT2D eigenvalue weighted by molar-refractivity contribution is 5.94. The Morgan fingerprint density at radius 2 is 1.69 bits per heavy atom. The molecule has 268 valence electrons. The molecule has 2 aromatic heterocycles. The Labute approximate surface area is 301 Å². The van der Waals surface area contributed by atoms with Gasteiger partial charge in [-0.3, -0.25) is 4.79 Å². The normalized spacial score (nSPS) is 17.9. The minimum Gasteiger partial charge on any atom is -0.497 e. The number of carbonyl (C=O) groups excluding carboxylic acids is 2. The van der Waals surface area contributed by atoms with E-state index in [1.165, 1.54) is 11.8 Å². The van der Waals surface area contributed by atoms with Crippen LogP contribution in [-0.4, -0.2) is 90.6 Å². The van der Waals surface area contributed by atoms with Gasteiger partial charge in [-0.05, 0) is 41.8 Å². The Balaban J connectivity index is 1.05. The molecule has 0 radical (unpaired) electrons. The molecule has 4 heterocycles. The Hall–Kier alpha value is -5.85. The molecule has 12 nitrogen and oxygen atoms in total. The fraction of sp³-hybridized carbons (Fsp3) is 0.333. The number of amides is 2. The van der Waals surface area contributed by atoms with Gasteiger partial charge in [-0.25, -0.2) is 18.7 Å². The van der Waals surface area contributed by atoms with Crippen molar-refractivity contribution in [2.75, 3.05) is 61.6 Å². The predicted octanol–water partition coefficient (Wildman–Crippen LogP) is 5.37. The highest BCUT2D eigenvalue weighted by Crippen LogP contribution is 2.41. The number of piperazine rings is 1. The van der Waals surface area contributed by atoms with Crippen LogP contribution in [0.2, 0.25) is 0 Å². The third kappa shape index (κ3) is 6.65. The van der Waals surface area contributed by atoms with Gasteiger partial charge in [0.2, 0.25) is 0 Å². The summed E-state index contributed by atoms with van der Waals surface area (Å²) in [6.45, 7) is 4.04. The van der Waals surface area contributed by atoms with E-state index in [-0.39, 0.29) is 18.4 Å². The maximum Gasteiger partial charge on any atom is 0.410 e. The number of halogens is 1. The van der Waals surface area contributed by atoms with Crippen LogP contribution >= 0.6 is 0 Å². The van der Waals surface area contributed by atoms with Crippen LogP contribution in [0.15, 0.2) is 85.1 Å². The van der Waals surface area contributed by atoms with E-state index in [4.69, 9.17) is 14.6 Å². The van der Waals surface area contributed by atoms with E-state index < -0.39 is 18.1 Å². The number of rotatable bonds is 10. The number of aromatic nitrogens is 3. The summed E-state index contributed by atoms with van der Waals surface area (Å²) in [7, 11) is 3.63. The lowest BCUT2D eigenvalue weighted by Crippen LogP contribution is -2.49. The number of fused-ring (bicyclic) bond motifs is 2. The molecule has 0 bridgehead atoms. The zero-order valence-electron chi connectivity index (χ0n) is 29.2. The van der Waals surface area contributed by atoms with Gasteiger partial charge in [-0.2, -0.15) is 0 Å². The van der Waals surface area contributed by atoms with Crippen LogP contribution in [0.1, 0.15) is 33.6 Å². The highest BCUT2D eigenvalue weighted by Gasteiger charge is 2.39. The average Bonchev–Trinajstić information content (AvgIpc) is 3.50. The molecule has 3 aromatic carbocycles. The molecule has 1 saturated carbocycles. The van der Waals surface area contributed by atoms with Gasteiger partial charge in [-0.1, -0.05) is 48.5 Å². The number of hydrogen-bond donors (Lipinski definition) is 1. The molecule has 1 N–H and O–H groups in total. The summed E-state index contributed by atoms with van der Waals surface area (Å²) in [6, 6.07) is 25.5. The lowest BCUT2D eigenvalue weighted by molar-refractivity contribution is 0.0934. The topological polar surface area (TPSA) is 108 Å². The van der Waals surface area contributed by atoms with Crippen molar-refractivity contribution in [3.05, 3.63) is 107 Å². The minimum atomic E-state index is -1.02. The van der Waals surface area contributed by atoms with Gasteiger partial charge in [0.1, 0.15) is 18.5 Å². The van der Waals surface area contributed by atoms with Crippen molar-refractivity contribution in [3.63, 3.8) is 0 Å². The number of nitrogens with zero attached hydrogens (tertiary/aromatic N) is 7. The molecule has 1 saturated heterocycles.